The third kappa shape index (κ3) is 1.41. The summed E-state index contributed by atoms with van der Waals surface area (Å²) in [5.41, 5.74) is 2.04. The number of rotatable bonds is 0. The van der Waals surface area contributed by atoms with Gasteiger partial charge in [0.2, 0.25) is 0 Å². The van der Waals surface area contributed by atoms with E-state index in [1.165, 1.54) is 6.26 Å². The Hall–Kier alpha value is -2.55. The molecule has 0 saturated heterocycles. The van der Waals surface area contributed by atoms with E-state index in [0.717, 1.165) is 11.3 Å². The summed E-state index contributed by atoms with van der Waals surface area (Å²) in [6.45, 7) is 0. The third-order valence-corrected chi connectivity index (χ3v) is 3.44. The molecule has 0 saturated carbocycles. The lowest BCUT2D eigenvalue weighted by Crippen LogP contribution is -2.26. The number of hydrogen-bond acceptors (Lipinski definition) is 3. The van der Waals surface area contributed by atoms with Gasteiger partial charge in [0.05, 0.1) is 11.1 Å². The Labute approximate surface area is 110 Å². The first-order chi connectivity index (χ1) is 9.34. The number of Topliss-reactive ketones (excluding diaryl/α,β-unsaturated/α-hetero) is 1. The SMILES string of the molecule is O=C1C2=COc3ccccc3C2Oc2ccccc21. The summed E-state index contributed by atoms with van der Waals surface area (Å²) in [5.74, 6) is 1.34. The highest BCUT2D eigenvalue weighted by Crippen LogP contribution is 2.43. The lowest BCUT2D eigenvalue weighted by atomic mass is 9.90. The fraction of sp³-hybridized carbons (Fsp3) is 0.0625. The van der Waals surface area contributed by atoms with Gasteiger partial charge in [0.15, 0.2) is 11.9 Å². The maximum Gasteiger partial charge on any atom is 0.199 e. The smallest absolute Gasteiger partial charge is 0.199 e. The van der Waals surface area contributed by atoms with Gasteiger partial charge in [0, 0.05) is 5.56 Å². The Kier molecular flexibility index (Phi) is 2.03. The van der Waals surface area contributed by atoms with Crippen LogP contribution in [0.2, 0.25) is 0 Å². The van der Waals surface area contributed by atoms with Gasteiger partial charge in [-0.25, -0.2) is 0 Å². The van der Waals surface area contributed by atoms with Gasteiger partial charge in [-0.15, -0.1) is 0 Å². The molecule has 0 N–H and O–H groups in total. The molecule has 3 nitrogen and oxygen atoms in total. The van der Waals surface area contributed by atoms with Crippen LogP contribution >= 0.6 is 0 Å². The van der Waals surface area contributed by atoms with E-state index in [9.17, 15) is 4.79 Å². The Morgan fingerprint density at radius 2 is 1.63 bits per heavy atom. The molecule has 1 atom stereocenters. The Morgan fingerprint density at radius 3 is 2.53 bits per heavy atom. The van der Waals surface area contributed by atoms with Crippen molar-refractivity contribution in [3.63, 3.8) is 0 Å². The second-order valence-electron chi connectivity index (χ2n) is 4.55. The largest absolute Gasteiger partial charge is 0.480 e. The van der Waals surface area contributed by atoms with Crippen molar-refractivity contribution in [1.82, 2.24) is 0 Å². The molecule has 0 radical (unpaired) electrons. The van der Waals surface area contributed by atoms with Crippen molar-refractivity contribution in [3.8, 4) is 11.5 Å². The molecule has 92 valence electrons. The molecule has 2 aliphatic rings. The van der Waals surface area contributed by atoms with Crippen molar-refractivity contribution in [2.24, 2.45) is 0 Å². The number of ketones is 1. The Bertz CT molecular complexity index is 715. The Morgan fingerprint density at radius 1 is 0.895 bits per heavy atom. The minimum absolute atomic E-state index is 0.0265. The van der Waals surface area contributed by atoms with Crippen LogP contribution in [-0.2, 0) is 0 Å². The first-order valence-corrected chi connectivity index (χ1v) is 6.10. The van der Waals surface area contributed by atoms with Crippen LogP contribution in [0.5, 0.6) is 11.5 Å². The van der Waals surface area contributed by atoms with Gasteiger partial charge < -0.3 is 9.47 Å². The van der Waals surface area contributed by atoms with Gasteiger partial charge in [0.25, 0.3) is 0 Å². The van der Waals surface area contributed by atoms with Gasteiger partial charge >= 0.3 is 0 Å². The second-order valence-corrected chi connectivity index (χ2v) is 4.55. The van der Waals surface area contributed by atoms with Crippen LogP contribution in [0, 0.1) is 0 Å². The lowest BCUT2D eigenvalue weighted by Gasteiger charge is -2.31. The predicted octanol–water partition coefficient (Wildman–Crippen LogP) is 3.28. The fourth-order valence-electron chi connectivity index (χ4n) is 2.50. The summed E-state index contributed by atoms with van der Waals surface area (Å²) in [5, 5.41) is 0. The second kappa shape index (κ2) is 3.72. The zero-order valence-corrected chi connectivity index (χ0v) is 10.00. The summed E-state index contributed by atoms with van der Waals surface area (Å²) in [6.07, 6.45) is 1.14. The molecule has 0 amide bonds. The molecule has 2 aliphatic heterocycles. The molecular weight excluding hydrogens is 240 g/mol. The van der Waals surface area contributed by atoms with E-state index in [1.54, 1.807) is 6.07 Å². The molecule has 3 heteroatoms. The maximum absolute atomic E-state index is 12.4. The number of ether oxygens (including phenoxy) is 2. The molecule has 0 aliphatic carbocycles. The standard InChI is InChI=1S/C16H10O3/c17-15-10-5-1-4-8-14(10)19-16-11-6-2-3-7-13(11)18-9-12(15)16/h1-9,16H. The van der Waals surface area contributed by atoms with Crippen molar-refractivity contribution in [1.29, 1.82) is 0 Å². The highest BCUT2D eigenvalue weighted by molar-refractivity contribution is 6.12. The first kappa shape index (κ1) is 10.4. The summed E-state index contributed by atoms with van der Waals surface area (Å²) in [7, 11) is 0. The van der Waals surface area contributed by atoms with E-state index >= 15 is 0 Å². The monoisotopic (exact) mass is 250 g/mol. The average molecular weight is 250 g/mol. The van der Waals surface area contributed by atoms with E-state index in [1.807, 2.05) is 42.5 Å². The molecule has 2 heterocycles. The van der Waals surface area contributed by atoms with E-state index < -0.39 is 0 Å². The van der Waals surface area contributed by atoms with Gasteiger partial charge in [-0.1, -0.05) is 30.3 Å². The molecule has 2 aromatic rings. The van der Waals surface area contributed by atoms with Crippen molar-refractivity contribution < 1.29 is 14.3 Å². The first-order valence-electron chi connectivity index (χ1n) is 6.10. The van der Waals surface area contributed by atoms with E-state index in [0.29, 0.717) is 16.9 Å². The van der Waals surface area contributed by atoms with Gasteiger partial charge in [0.1, 0.15) is 17.8 Å². The zero-order valence-electron chi connectivity index (χ0n) is 10.00. The topological polar surface area (TPSA) is 35.5 Å². The van der Waals surface area contributed by atoms with Gasteiger partial charge in [-0.3, -0.25) is 4.79 Å². The fourth-order valence-corrected chi connectivity index (χ4v) is 2.50. The molecule has 0 bridgehead atoms. The summed E-state index contributed by atoms with van der Waals surface area (Å²) in [6, 6.07) is 14.9. The molecule has 0 fully saturated rings. The number of benzene rings is 2. The lowest BCUT2D eigenvalue weighted by molar-refractivity contribution is 0.0947. The summed E-state index contributed by atoms with van der Waals surface area (Å²) < 4.78 is 11.5. The molecular formula is C16H10O3. The number of para-hydroxylation sites is 2. The van der Waals surface area contributed by atoms with Crippen LogP contribution in [0.25, 0.3) is 0 Å². The zero-order chi connectivity index (χ0) is 12.8. The molecule has 1 unspecified atom stereocenters. The Balaban J connectivity index is 1.90. The van der Waals surface area contributed by atoms with Crippen LogP contribution in [0.15, 0.2) is 60.4 Å². The van der Waals surface area contributed by atoms with Crippen LogP contribution in [0.3, 0.4) is 0 Å². The van der Waals surface area contributed by atoms with Crippen LogP contribution in [-0.4, -0.2) is 5.78 Å². The summed E-state index contributed by atoms with van der Waals surface area (Å²) >= 11 is 0. The van der Waals surface area contributed by atoms with Gasteiger partial charge in [-0.2, -0.15) is 0 Å². The van der Waals surface area contributed by atoms with Crippen LogP contribution in [0.4, 0.5) is 0 Å². The highest BCUT2D eigenvalue weighted by atomic mass is 16.5. The van der Waals surface area contributed by atoms with E-state index in [4.69, 9.17) is 9.47 Å². The number of carbonyl (C=O) groups excluding carboxylic acids is 1. The van der Waals surface area contributed by atoms with Crippen molar-refractivity contribution in [2.75, 3.05) is 0 Å². The normalized spacial score (nSPS) is 19.3. The number of hydrogen-bond donors (Lipinski definition) is 0. The molecule has 4 rings (SSSR count). The van der Waals surface area contributed by atoms with E-state index in [2.05, 4.69) is 0 Å². The minimum Gasteiger partial charge on any atom is -0.480 e. The van der Waals surface area contributed by atoms with Crippen molar-refractivity contribution >= 4 is 5.78 Å². The van der Waals surface area contributed by atoms with Crippen LogP contribution < -0.4 is 9.47 Å². The van der Waals surface area contributed by atoms with Gasteiger partial charge in [-0.05, 0) is 18.2 Å². The average Bonchev–Trinajstić information content (AvgIpc) is 2.47. The summed E-state index contributed by atoms with van der Waals surface area (Å²) in [4.78, 5) is 12.4. The number of fused-ring (bicyclic) bond motifs is 4. The molecule has 0 spiro atoms. The van der Waals surface area contributed by atoms with Crippen molar-refractivity contribution in [3.05, 3.63) is 71.5 Å². The molecule has 2 aromatic carbocycles. The third-order valence-electron chi connectivity index (χ3n) is 3.44. The molecule has 19 heavy (non-hydrogen) atoms. The maximum atomic E-state index is 12.4. The van der Waals surface area contributed by atoms with E-state index in [-0.39, 0.29) is 11.9 Å². The van der Waals surface area contributed by atoms with Crippen molar-refractivity contribution in [2.45, 2.75) is 6.10 Å². The minimum atomic E-state index is -0.368. The quantitative estimate of drug-likeness (QED) is 0.719. The predicted molar refractivity (Wildman–Crippen MR) is 69.3 cm³/mol. The highest BCUT2D eigenvalue weighted by Gasteiger charge is 2.36. The molecule has 0 aromatic heterocycles. The van der Waals surface area contributed by atoms with Crippen LogP contribution in [0.1, 0.15) is 22.0 Å². The number of carbonyl (C=O) groups is 1.